The molecule has 0 fully saturated rings. The van der Waals surface area contributed by atoms with Crippen LogP contribution in [0, 0.1) is 0 Å². The Morgan fingerprint density at radius 1 is 0.306 bits per heavy atom. The van der Waals surface area contributed by atoms with Gasteiger partial charge in [0.15, 0.2) is 5.58 Å². The van der Waals surface area contributed by atoms with E-state index in [1.807, 2.05) is 49.4 Å². The molecule has 0 unspecified atom stereocenters. The summed E-state index contributed by atoms with van der Waals surface area (Å²) in [5.74, 6) is 0.771. The zero-order valence-electron chi connectivity index (χ0n) is 46.4. The van der Waals surface area contributed by atoms with Gasteiger partial charge in [-0.2, -0.15) is 0 Å². The minimum absolute atomic E-state index is 0.771. The number of benzene rings is 12. The van der Waals surface area contributed by atoms with Gasteiger partial charge in [-0.15, -0.1) is 0 Å². The highest BCUT2D eigenvalue weighted by Gasteiger charge is 2.22. The minimum atomic E-state index is 0.771. The van der Waals surface area contributed by atoms with Gasteiger partial charge in [0.05, 0.1) is 5.69 Å². The Morgan fingerprint density at radius 3 is 1.22 bits per heavy atom. The molecule has 0 bridgehead atoms. The first-order chi connectivity index (χ1) is 42.0. The standard InChI is InChI=1S/C79H52N2O4/c1-3-13-63-69-48-55(34-46-76(69)82-72(63)4-2)52-28-38-58(39-29-52)80(59-44-32-54(33-45-59)62-17-11-18-67-64-14-5-9-22-74(64)84-78(62)67)57-36-24-50(25-37-57)51-26-40-60(41-27-51)81(71-20-12-19-68-65-15-6-10-23-75(65)85-79(68)71)61-42-30-53(31-43-61)56-35-47-77-70(49-56)66-16-7-8-21-73(66)83-77/h3-49H,2H2,1H3/b13-3-. The van der Waals surface area contributed by atoms with Gasteiger partial charge in [-0.25, -0.2) is 0 Å². The Balaban J connectivity index is 0.748. The average molecular weight is 1090 g/mol. The SMILES string of the molecule is C=Cc1oc2ccc(-c3ccc(N(c4ccc(-c5ccc(N(c6ccc(-c7ccc8oc9ccccc9c8c7)cc6)c6cccc7c6oc6ccccc67)cc5)cc4)c4ccc(-c5cccc6c5oc5ccccc56)cc4)cc3)cc2c1/C=C\C. The summed E-state index contributed by atoms with van der Waals surface area (Å²) in [6.07, 6.45) is 5.90. The molecule has 12 aromatic carbocycles. The van der Waals surface area contributed by atoms with Gasteiger partial charge in [0.25, 0.3) is 0 Å². The maximum Gasteiger partial charge on any atom is 0.159 e. The highest BCUT2D eigenvalue weighted by Crippen LogP contribution is 2.45. The van der Waals surface area contributed by atoms with Crippen molar-refractivity contribution in [3.63, 3.8) is 0 Å². The molecular formula is C79H52N2O4. The Hall–Kier alpha value is -11.3. The highest BCUT2D eigenvalue weighted by atomic mass is 16.3. The van der Waals surface area contributed by atoms with E-state index in [4.69, 9.17) is 17.7 Å². The summed E-state index contributed by atoms with van der Waals surface area (Å²) in [5.41, 5.74) is 22.0. The van der Waals surface area contributed by atoms with E-state index in [9.17, 15) is 0 Å². The lowest BCUT2D eigenvalue weighted by Gasteiger charge is -2.26. The molecule has 4 heterocycles. The first kappa shape index (κ1) is 49.5. The third-order valence-electron chi connectivity index (χ3n) is 16.6. The lowest BCUT2D eigenvalue weighted by atomic mass is 10.00. The first-order valence-corrected chi connectivity index (χ1v) is 28.7. The number of furan rings is 4. The summed E-state index contributed by atoms with van der Waals surface area (Å²) >= 11 is 0. The van der Waals surface area contributed by atoms with Crippen molar-refractivity contribution in [1.82, 2.24) is 0 Å². The second-order valence-electron chi connectivity index (χ2n) is 21.5. The summed E-state index contributed by atoms with van der Waals surface area (Å²) in [6, 6.07) is 94.6. The van der Waals surface area contributed by atoms with Crippen LogP contribution in [0.2, 0.25) is 0 Å². The topological polar surface area (TPSA) is 59.0 Å². The van der Waals surface area contributed by atoms with Gasteiger partial charge in [-0.3, -0.25) is 0 Å². The van der Waals surface area contributed by atoms with Crippen molar-refractivity contribution in [2.75, 3.05) is 9.80 Å². The second kappa shape index (κ2) is 20.3. The molecule has 0 aliphatic rings. The molecule has 0 radical (unpaired) electrons. The normalized spacial score (nSPS) is 11.8. The van der Waals surface area contributed by atoms with Crippen LogP contribution in [0.25, 0.3) is 133 Å². The summed E-state index contributed by atoms with van der Waals surface area (Å²) in [6.45, 7) is 6.02. The molecule has 0 spiro atoms. The van der Waals surface area contributed by atoms with Crippen LogP contribution in [-0.2, 0) is 0 Å². The third kappa shape index (κ3) is 8.49. The van der Waals surface area contributed by atoms with Gasteiger partial charge < -0.3 is 27.5 Å². The summed E-state index contributed by atoms with van der Waals surface area (Å²) < 4.78 is 25.5. The molecule has 0 aliphatic heterocycles. The second-order valence-corrected chi connectivity index (χ2v) is 21.5. The molecule has 0 amide bonds. The van der Waals surface area contributed by atoms with Gasteiger partial charge >= 0.3 is 0 Å². The van der Waals surface area contributed by atoms with Gasteiger partial charge in [0.2, 0.25) is 0 Å². The average Bonchev–Trinajstić information content (AvgIpc) is 3.59. The number of anilines is 6. The maximum absolute atomic E-state index is 6.70. The molecule has 0 saturated carbocycles. The third-order valence-corrected chi connectivity index (χ3v) is 16.6. The predicted molar refractivity (Wildman–Crippen MR) is 354 cm³/mol. The Bertz CT molecular complexity index is 5250. The van der Waals surface area contributed by atoms with E-state index in [1.54, 1.807) is 6.08 Å². The van der Waals surface area contributed by atoms with Crippen molar-refractivity contribution >= 4 is 123 Å². The Morgan fingerprint density at radius 2 is 0.694 bits per heavy atom. The number of para-hydroxylation sites is 5. The van der Waals surface area contributed by atoms with E-state index in [-0.39, 0.29) is 0 Å². The fourth-order valence-electron chi connectivity index (χ4n) is 12.5. The lowest BCUT2D eigenvalue weighted by Crippen LogP contribution is -2.10. The van der Waals surface area contributed by atoms with Crippen molar-refractivity contribution in [3.05, 3.63) is 291 Å². The highest BCUT2D eigenvalue weighted by molar-refractivity contribution is 6.12. The molecule has 16 rings (SSSR count). The molecule has 16 aromatic rings. The predicted octanol–water partition coefficient (Wildman–Crippen LogP) is 23.4. The molecule has 0 saturated heterocycles. The number of allylic oxidation sites excluding steroid dienone is 1. The molecule has 85 heavy (non-hydrogen) atoms. The number of hydrogen-bond acceptors (Lipinski definition) is 6. The zero-order chi connectivity index (χ0) is 56.5. The van der Waals surface area contributed by atoms with Crippen molar-refractivity contribution < 1.29 is 17.7 Å². The monoisotopic (exact) mass is 1090 g/mol. The summed E-state index contributed by atoms with van der Waals surface area (Å²) in [5, 5.41) is 7.66. The van der Waals surface area contributed by atoms with E-state index < -0.39 is 0 Å². The van der Waals surface area contributed by atoms with Crippen LogP contribution in [0.15, 0.2) is 297 Å². The van der Waals surface area contributed by atoms with Crippen molar-refractivity contribution in [2.45, 2.75) is 6.92 Å². The number of hydrogen-bond donors (Lipinski definition) is 0. The summed E-state index contributed by atoms with van der Waals surface area (Å²) in [4.78, 5) is 4.62. The van der Waals surface area contributed by atoms with Crippen LogP contribution in [0.1, 0.15) is 18.2 Å². The van der Waals surface area contributed by atoms with Crippen LogP contribution in [0.4, 0.5) is 34.1 Å². The van der Waals surface area contributed by atoms with Crippen molar-refractivity contribution in [3.8, 4) is 44.5 Å². The Kier molecular flexibility index (Phi) is 11.8. The fourth-order valence-corrected chi connectivity index (χ4v) is 12.5. The maximum atomic E-state index is 6.70. The van der Waals surface area contributed by atoms with Crippen molar-refractivity contribution in [2.24, 2.45) is 0 Å². The van der Waals surface area contributed by atoms with E-state index >= 15 is 0 Å². The van der Waals surface area contributed by atoms with Crippen LogP contribution >= 0.6 is 0 Å². The molecule has 4 aromatic heterocycles. The molecule has 0 aliphatic carbocycles. The van der Waals surface area contributed by atoms with Crippen LogP contribution in [-0.4, -0.2) is 0 Å². The molecule has 6 heteroatoms. The molecule has 402 valence electrons. The van der Waals surface area contributed by atoms with Gasteiger partial charge in [-0.1, -0.05) is 176 Å². The largest absolute Gasteiger partial charge is 0.456 e. The fraction of sp³-hybridized carbons (Fsp3) is 0.0127. The van der Waals surface area contributed by atoms with Gasteiger partial charge in [0.1, 0.15) is 39.3 Å². The van der Waals surface area contributed by atoms with Crippen LogP contribution < -0.4 is 9.80 Å². The molecule has 6 nitrogen and oxygen atoms in total. The van der Waals surface area contributed by atoms with E-state index in [2.05, 4.69) is 253 Å². The summed E-state index contributed by atoms with van der Waals surface area (Å²) in [7, 11) is 0. The molecule has 0 atom stereocenters. The molecular weight excluding hydrogens is 1040 g/mol. The first-order valence-electron chi connectivity index (χ1n) is 28.7. The molecule has 0 N–H and O–H groups in total. The van der Waals surface area contributed by atoms with Gasteiger partial charge in [-0.05, 0) is 161 Å². The lowest BCUT2D eigenvalue weighted by molar-refractivity contribution is 0.603. The van der Waals surface area contributed by atoms with Crippen molar-refractivity contribution in [1.29, 1.82) is 0 Å². The number of fused-ring (bicyclic) bond motifs is 10. The van der Waals surface area contributed by atoms with E-state index in [0.29, 0.717) is 0 Å². The Labute approximate surface area is 490 Å². The van der Waals surface area contributed by atoms with Gasteiger partial charge in [0, 0.05) is 77.3 Å². The zero-order valence-corrected chi connectivity index (χ0v) is 46.4. The van der Waals surface area contributed by atoms with Crippen LogP contribution in [0.5, 0.6) is 0 Å². The van der Waals surface area contributed by atoms with Crippen LogP contribution in [0.3, 0.4) is 0 Å². The smallest absolute Gasteiger partial charge is 0.159 e. The number of nitrogens with zero attached hydrogens (tertiary/aromatic N) is 2. The number of rotatable bonds is 12. The quantitative estimate of drug-likeness (QED) is 0.121. The van der Waals surface area contributed by atoms with E-state index in [1.165, 1.54) is 0 Å². The van der Waals surface area contributed by atoms with E-state index in [0.717, 1.165) is 167 Å². The minimum Gasteiger partial charge on any atom is -0.456 e.